The highest BCUT2D eigenvalue weighted by Crippen LogP contribution is 2.42. The lowest BCUT2D eigenvalue weighted by Gasteiger charge is -2.51. The van der Waals surface area contributed by atoms with Crippen LogP contribution in [0.3, 0.4) is 0 Å². The van der Waals surface area contributed by atoms with Crippen LogP contribution in [0, 0.1) is 5.92 Å². The van der Waals surface area contributed by atoms with E-state index in [2.05, 4.69) is 0 Å². The van der Waals surface area contributed by atoms with Crippen molar-refractivity contribution in [3.05, 3.63) is 35.4 Å². The smallest absolute Gasteiger partial charge is 0.338 e. The average molecular weight is 475 g/mol. The van der Waals surface area contributed by atoms with E-state index in [1.165, 1.54) is 10.1 Å². The van der Waals surface area contributed by atoms with Gasteiger partial charge in [-0.3, -0.25) is 4.79 Å². The molecule has 1 aromatic carbocycles. The number of ketones is 1. The van der Waals surface area contributed by atoms with E-state index < -0.39 is 28.1 Å². The predicted octanol–water partition coefficient (Wildman–Crippen LogP) is 5.49. The molecule has 0 aromatic heterocycles. The van der Waals surface area contributed by atoms with Crippen LogP contribution in [-0.4, -0.2) is 60.6 Å². The monoisotopic (exact) mass is 474 g/mol. The third-order valence-electron chi connectivity index (χ3n) is 7.51. The molecule has 1 aromatic rings. The van der Waals surface area contributed by atoms with Crippen molar-refractivity contribution in [2.45, 2.75) is 116 Å². The quantitative estimate of drug-likeness (QED) is 0.431. The van der Waals surface area contributed by atoms with Gasteiger partial charge in [-0.25, -0.2) is 4.79 Å². The molecule has 2 N–H and O–H groups in total. The molecule has 0 aliphatic carbocycles. The van der Waals surface area contributed by atoms with Gasteiger partial charge >= 0.3 is 5.97 Å². The molecule has 2 fully saturated rings. The summed E-state index contributed by atoms with van der Waals surface area (Å²) in [5, 5.41) is 23.7. The molecule has 0 amide bonds. The van der Waals surface area contributed by atoms with Crippen LogP contribution < -0.4 is 0 Å². The Hall–Kier alpha value is -1.80. The van der Waals surface area contributed by atoms with Crippen molar-refractivity contribution in [3.8, 4) is 0 Å². The first-order valence-electron chi connectivity index (χ1n) is 12.3. The molecule has 0 spiro atoms. The van der Waals surface area contributed by atoms with E-state index in [0.717, 1.165) is 12.8 Å². The molecule has 0 atom stereocenters. The highest BCUT2D eigenvalue weighted by atomic mass is 16.5. The summed E-state index contributed by atoms with van der Waals surface area (Å²) < 4.78 is 5.78. The first kappa shape index (κ1) is 26.8. The first-order chi connectivity index (χ1) is 15.4. The van der Waals surface area contributed by atoms with Gasteiger partial charge in [0.1, 0.15) is 6.10 Å². The third-order valence-corrected chi connectivity index (χ3v) is 7.51. The van der Waals surface area contributed by atoms with Crippen molar-refractivity contribution in [1.29, 1.82) is 0 Å². The highest BCUT2D eigenvalue weighted by Gasteiger charge is 2.47. The van der Waals surface area contributed by atoms with Crippen LogP contribution in [-0.2, 0) is 4.74 Å². The van der Waals surface area contributed by atoms with Crippen LogP contribution in [0.5, 0.6) is 0 Å². The molecule has 2 saturated heterocycles. The Kier molecular flexibility index (Phi) is 7.10. The van der Waals surface area contributed by atoms with Crippen LogP contribution in [0.1, 0.15) is 108 Å². The number of piperidine rings is 2. The molecule has 3 rings (SSSR count). The van der Waals surface area contributed by atoms with Gasteiger partial charge in [-0.05, 0) is 86.3 Å². The standard InChI is InChI=1S/C27H42N2O5/c1-24(2)14-18(15-25(3,4)28(24)32)13-22(30)19-9-11-20(12-10-19)23(31)34-21-16-26(5,6)29(33)27(7,8)17-21/h9-12,18,21,32-33H,13-17H2,1-8H3. The van der Waals surface area contributed by atoms with Crippen molar-refractivity contribution >= 4 is 11.8 Å². The molecule has 2 aliphatic heterocycles. The summed E-state index contributed by atoms with van der Waals surface area (Å²) in [5.41, 5.74) is -0.800. The Balaban J connectivity index is 1.62. The maximum absolute atomic E-state index is 13.0. The Labute approximate surface area is 204 Å². The van der Waals surface area contributed by atoms with E-state index in [4.69, 9.17) is 4.74 Å². The van der Waals surface area contributed by atoms with Gasteiger partial charge in [-0.2, -0.15) is 10.1 Å². The van der Waals surface area contributed by atoms with Gasteiger partial charge in [-0.15, -0.1) is 0 Å². The summed E-state index contributed by atoms with van der Waals surface area (Å²) in [6, 6.07) is 6.69. The van der Waals surface area contributed by atoms with E-state index in [1.807, 2.05) is 55.4 Å². The normalized spacial score (nSPS) is 25.1. The lowest BCUT2D eigenvalue weighted by molar-refractivity contribution is -0.256. The van der Waals surface area contributed by atoms with Crippen molar-refractivity contribution in [1.82, 2.24) is 10.1 Å². The van der Waals surface area contributed by atoms with Crippen molar-refractivity contribution < 1.29 is 24.7 Å². The summed E-state index contributed by atoms with van der Waals surface area (Å²) in [6.07, 6.45) is 2.66. The zero-order chi connectivity index (χ0) is 25.7. The summed E-state index contributed by atoms with van der Waals surface area (Å²) in [4.78, 5) is 25.7. The molecule has 7 nitrogen and oxygen atoms in total. The Morgan fingerprint density at radius 2 is 1.15 bits per heavy atom. The summed E-state index contributed by atoms with van der Waals surface area (Å²) >= 11 is 0. The number of hydrogen-bond acceptors (Lipinski definition) is 7. The van der Waals surface area contributed by atoms with Gasteiger partial charge in [0, 0.05) is 47.0 Å². The number of Topliss-reactive ketones (excluding diaryl/α,β-unsaturated/α-hetero) is 1. The maximum atomic E-state index is 13.0. The molecule has 7 heteroatoms. The van der Waals surface area contributed by atoms with Crippen molar-refractivity contribution in [2.75, 3.05) is 0 Å². The largest absolute Gasteiger partial charge is 0.459 e. The summed E-state index contributed by atoms with van der Waals surface area (Å²) in [5.74, 6) is -0.197. The molecule has 0 saturated carbocycles. The molecular weight excluding hydrogens is 432 g/mol. The number of ether oxygens (including phenoxy) is 1. The van der Waals surface area contributed by atoms with Gasteiger partial charge in [-0.1, -0.05) is 12.1 Å². The lowest BCUT2D eigenvalue weighted by atomic mass is 9.73. The number of hydrogen-bond donors (Lipinski definition) is 2. The third kappa shape index (κ3) is 5.54. The fourth-order valence-corrected chi connectivity index (χ4v) is 6.28. The minimum atomic E-state index is -0.502. The Bertz CT molecular complexity index is 808. The second-order valence-electron chi connectivity index (χ2n) is 12.8. The number of rotatable bonds is 5. The highest BCUT2D eigenvalue weighted by molar-refractivity contribution is 5.97. The minimum Gasteiger partial charge on any atom is -0.459 e. The number of hydroxylamine groups is 4. The average Bonchev–Trinajstić information content (AvgIpc) is 2.69. The lowest BCUT2D eigenvalue weighted by Crippen LogP contribution is -2.60. The predicted molar refractivity (Wildman–Crippen MR) is 130 cm³/mol. The molecule has 34 heavy (non-hydrogen) atoms. The van der Waals surface area contributed by atoms with Crippen molar-refractivity contribution in [3.63, 3.8) is 0 Å². The van der Waals surface area contributed by atoms with E-state index in [1.54, 1.807) is 24.3 Å². The molecular formula is C27H42N2O5. The van der Waals surface area contributed by atoms with Crippen LogP contribution in [0.2, 0.25) is 0 Å². The second-order valence-corrected chi connectivity index (χ2v) is 12.8. The molecule has 0 unspecified atom stereocenters. The van der Waals surface area contributed by atoms with Gasteiger partial charge in [0.15, 0.2) is 5.78 Å². The van der Waals surface area contributed by atoms with Gasteiger partial charge in [0.25, 0.3) is 0 Å². The fraction of sp³-hybridized carbons (Fsp3) is 0.704. The first-order valence-corrected chi connectivity index (χ1v) is 12.3. The maximum Gasteiger partial charge on any atom is 0.338 e. The topological polar surface area (TPSA) is 90.3 Å². The number of benzene rings is 1. The Morgan fingerprint density at radius 1 is 0.765 bits per heavy atom. The number of esters is 1. The van der Waals surface area contributed by atoms with E-state index in [9.17, 15) is 20.0 Å². The van der Waals surface area contributed by atoms with E-state index in [0.29, 0.717) is 30.4 Å². The SMILES string of the molecule is CC1(C)CC(CC(=O)c2ccc(C(=O)OC3CC(C)(C)N(O)C(C)(C)C3)cc2)CC(C)(C)N1O. The van der Waals surface area contributed by atoms with E-state index in [-0.39, 0.29) is 17.8 Å². The summed E-state index contributed by atoms with van der Waals surface area (Å²) in [6.45, 7) is 15.7. The molecule has 190 valence electrons. The van der Waals surface area contributed by atoms with Gasteiger partial charge in [0.2, 0.25) is 0 Å². The zero-order valence-corrected chi connectivity index (χ0v) is 22.0. The molecule has 0 radical (unpaired) electrons. The zero-order valence-electron chi connectivity index (χ0n) is 22.0. The molecule has 0 bridgehead atoms. The van der Waals surface area contributed by atoms with E-state index >= 15 is 0 Å². The van der Waals surface area contributed by atoms with Gasteiger partial charge < -0.3 is 15.2 Å². The fourth-order valence-electron chi connectivity index (χ4n) is 6.28. The van der Waals surface area contributed by atoms with Crippen LogP contribution >= 0.6 is 0 Å². The summed E-state index contributed by atoms with van der Waals surface area (Å²) in [7, 11) is 0. The van der Waals surface area contributed by atoms with Crippen molar-refractivity contribution in [2.24, 2.45) is 5.92 Å². The molecule has 2 heterocycles. The Morgan fingerprint density at radius 3 is 1.59 bits per heavy atom. The van der Waals surface area contributed by atoms with Gasteiger partial charge in [0.05, 0.1) is 5.56 Å². The second kappa shape index (κ2) is 9.01. The van der Waals surface area contributed by atoms with Crippen LogP contribution in [0.4, 0.5) is 0 Å². The number of nitrogens with zero attached hydrogens (tertiary/aromatic N) is 2. The van der Waals surface area contributed by atoms with Crippen LogP contribution in [0.15, 0.2) is 24.3 Å². The molecule has 2 aliphatic rings. The number of carbonyl (C=O) groups excluding carboxylic acids is 2. The van der Waals surface area contributed by atoms with Crippen LogP contribution in [0.25, 0.3) is 0 Å². The number of carbonyl (C=O) groups is 2. The minimum absolute atomic E-state index is 0.0433.